The summed E-state index contributed by atoms with van der Waals surface area (Å²) >= 11 is 0. The topological polar surface area (TPSA) is 38.8 Å². The van der Waals surface area contributed by atoms with Crippen molar-refractivity contribution in [3.8, 4) is 5.75 Å². The molecule has 2 heterocycles. The standard InChI is InChI=1S/C22H21NO3/c1-12-4-5-15-16(6-12)17-7-13(2)21(25-3)9-19(17)18-8-14-11-26-22(24)23(14)10-20(15)18/h4-7,9,14H,8,10-11H2,1-3H3/t14-/m0/s1. The molecule has 0 bridgehead atoms. The maximum atomic E-state index is 12.1. The van der Waals surface area contributed by atoms with Gasteiger partial charge in [0.05, 0.1) is 19.7 Å². The molecule has 0 radical (unpaired) electrons. The Morgan fingerprint density at radius 1 is 1.04 bits per heavy atom. The second-order valence-electron chi connectivity index (χ2n) is 7.44. The Balaban J connectivity index is 1.89. The molecular weight excluding hydrogens is 326 g/mol. The van der Waals surface area contributed by atoms with Gasteiger partial charge in [-0.15, -0.1) is 0 Å². The molecular formula is C22H21NO3. The normalized spacial score (nSPS) is 18.8. The van der Waals surface area contributed by atoms with Gasteiger partial charge in [-0.05, 0) is 70.6 Å². The molecule has 4 heteroatoms. The van der Waals surface area contributed by atoms with Crippen LogP contribution in [0, 0.1) is 13.8 Å². The molecule has 1 atom stereocenters. The molecule has 3 aromatic carbocycles. The zero-order valence-corrected chi connectivity index (χ0v) is 15.3. The highest BCUT2D eigenvalue weighted by Gasteiger charge is 2.38. The van der Waals surface area contributed by atoms with Crippen LogP contribution in [-0.2, 0) is 17.7 Å². The summed E-state index contributed by atoms with van der Waals surface area (Å²) in [6.45, 7) is 5.30. The number of rotatable bonds is 1. The van der Waals surface area contributed by atoms with E-state index in [0.717, 1.165) is 17.7 Å². The van der Waals surface area contributed by atoms with Gasteiger partial charge in [-0.3, -0.25) is 4.90 Å². The van der Waals surface area contributed by atoms with Crippen molar-refractivity contribution >= 4 is 27.6 Å². The summed E-state index contributed by atoms with van der Waals surface area (Å²) in [5.74, 6) is 0.910. The third kappa shape index (κ3) is 2.05. The van der Waals surface area contributed by atoms with Gasteiger partial charge in [0.2, 0.25) is 0 Å². The summed E-state index contributed by atoms with van der Waals surface area (Å²) < 4.78 is 10.9. The maximum absolute atomic E-state index is 12.1. The van der Waals surface area contributed by atoms with Gasteiger partial charge in [0.1, 0.15) is 12.4 Å². The molecule has 2 aliphatic rings. The fraction of sp³-hybridized carbons (Fsp3) is 0.318. The number of amides is 1. The van der Waals surface area contributed by atoms with Crippen LogP contribution in [0.2, 0.25) is 0 Å². The van der Waals surface area contributed by atoms with E-state index in [9.17, 15) is 4.79 Å². The van der Waals surface area contributed by atoms with Gasteiger partial charge >= 0.3 is 6.09 Å². The molecule has 0 N–H and O–H groups in total. The summed E-state index contributed by atoms with van der Waals surface area (Å²) in [5.41, 5.74) is 4.95. The fourth-order valence-electron chi connectivity index (χ4n) is 4.52. The lowest BCUT2D eigenvalue weighted by Crippen LogP contribution is -2.38. The smallest absolute Gasteiger partial charge is 0.410 e. The minimum absolute atomic E-state index is 0.133. The van der Waals surface area contributed by atoms with Gasteiger partial charge in [-0.25, -0.2) is 4.79 Å². The molecule has 0 aromatic heterocycles. The number of fused-ring (bicyclic) bond motifs is 7. The minimum atomic E-state index is -0.192. The van der Waals surface area contributed by atoms with E-state index in [1.165, 1.54) is 38.2 Å². The van der Waals surface area contributed by atoms with Gasteiger partial charge < -0.3 is 9.47 Å². The number of nitrogens with zero attached hydrogens (tertiary/aromatic N) is 1. The summed E-state index contributed by atoms with van der Waals surface area (Å²) in [4.78, 5) is 14.0. The Kier molecular flexibility index (Phi) is 3.20. The van der Waals surface area contributed by atoms with E-state index < -0.39 is 0 Å². The maximum Gasteiger partial charge on any atom is 0.410 e. The summed E-state index contributed by atoms with van der Waals surface area (Å²) in [6.07, 6.45) is 0.635. The van der Waals surface area contributed by atoms with Crippen LogP contribution in [0.25, 0.3) is 21.5 Å². The monoisotopic (exact) mass is 347 g/mol. The lowest BCUT2D eigenvalue weighted by molar-refractivity contribution is 0.155. The molecule has 132 valence electrons. The minimum Gasteiger partial charge on any atom is -0.496 e. The highest BCUT2D eigenvalue weighted by Crippen LogP contribution is 2.41. The highest BCUT2D eigenvalue weighted by atomic mass is 16.6. The van der Waals surface area contributed by atoms with Gasteiger partial charge in [-0.1, -0.05) is 23.8 Å². The third-order valence-electron chi connectivity index (χ3n) is 5.86. The molecule has 1 fully saturated rings. The predicted molar refractivity (Wildman–Crippen MR) is 102 cm³/mol. The third-order valence-corrected chi connectivity index (χ3v) is 5.86. The summed E-state index contributed by atoms with van der Waals surface area (Å²) in [7, 11) is 1.72. The molecule has 26 heavy (non-hydrogen) atoms. The van der Waals surface area contributed by atoms with Crippen LogP contribution in [0.3, 0.4) is 0 Å². The van der Waals surface area contributed by atoms with E-state index in [4.69, 9.17) is 9.47 Å². The first-order chi connectivity index (χ1) is 12.6. The van der Waals surface area contributed by atoms with Crippen molar-refractivity contribution in [2.75, 3.05) is 13.7 Å². The van der Waals surface area contributed by atoms with Crippen molar-refractivity contribution in [3.63, 3.8) is 0 Å². The van der Waals surface area contributed by atoms with E-state index >= 15 is 0 Å². The molecule has 4 nitrogen and oxygen atoms in total. The molecule has 0 aliphatic carbocycles. The summed E-state index contributed by atoms with van der Waals surface area (Å²) in [5, 5.41) is 4.98. The van der Waals surface area contributed by atoms with Crippen molar-refractivity contribution < 1.29 is 14.3 Å². The van der Waals surface area contributed by atoms with Crippen LogP contribution in [-0.4, -0.2) is 30.8 Å². The molecule has 1 saturated heterocycles. The molecule has 2 aliphatic heterocycles. The number of hydrogen-bond donors (Lipinski definition) is 0. The molecule has 0 spiro atoms. The van der Waals surface area contributed by atoms with Crippen LogP contribution in [0.4, 0.5) is 4.79 Å². The quantitative estimate of drug-likeness (QED) is 0.609. The number of cyclic esters (lactones) is 1. The second-order valence-corrected chi connectivity index (χ2v) is 7.44. The van der Waals surface area contributed by atoms with Crippen LogP contribution >= 0.6 is 0 Å². The lowest BCUT2D eigenvalue weighted by Gasteiger charge is -2.31. The van der Waals surface area contributed by atoms with E-state index in [0.29, 0.717) is 13.2 Å². The van der Waals surface area contributed by atoms with Crippen LogP contribution < -0.4 is 4.74 Å². The second kappa shape index (κ2) is 5.37. The number of hydrogen-bond acceptors (Lipinski definition) is 3. The number of aryl methyl sites for hydroxylation is 2. The first kappa shape index (κ1) is 15.5. The van der Waals surface area contributed by atoms with Crippen LogP contribution in [0.15, 0.2) is 30.3 Å². The molecule has 0 unspecified atom stereocenters. The van der Waals surface area contributed by atoms with Gasteiger partial charge in [0.25, 0.3) is 0 Å². The van der Waals surface area contributed by atoms with Crippen molar-refractivity contribution in [2.45, 2.75) is 32.9 Å². The SMILES string of the molecule is COc1cc2c3c(c4ccc(C)cc4c2cc1C)CN1C(=O)OC[C@@H]1C3. The van der Waals surface area contributed by atoms with Crippen LogP contribution in [0.5, 0.6) is 5.75 Å². The molecule has 5 rings (SSSR count). The first-order valence-corrected chi connectivity index (χ1v) is 9.02. The number of benzene rings is 3. The Hall–Kier alpha value is -2.75. The van der Waals surface area contributed by atoms with Crippen molar-refractivity contribution in [3.05, 3.63) is 52.6 Å². The van der Waals surface area contributed by atoms with E-state index in [1.807, 2.05) is 4.90 Å². The highest BCUT2D eigenvalue weighted by molar-refractivity contribution is 6.12. The predicted octanol–water partition coefficient (Wildman–Crippen LogP) is 4.50. The number of carbonyl (C=O) groups is 1. The van der Waals surface area contributed by atoms with E-state index in [2.05, 4.69) is 44.2 Å². The van der Waals surface area contributed by atoms with E-state index in [1.54, 1.807) is 7.11 Å². The lowest BCUT2D eigenvalue weighted by atomic mass is 9.84. The van der Waals surface area contributed by atoms with Crippen molar-refractivity contribution in [2.24, 2.45) is 0 Å². The number of methoxy groups -OCH3 is 1. The molecule has 1 amide bonds. The Morgan fingerprint density at radius 2 is 1.85 bits per heavy atom. The average Bonchev–Trinajstić information content (AvgIpc) is 3.00. The zero-order valence-electron chi connectivity index (χ0n) is 15.3. The number of ether oxygens (including phenoxy) is 2. The van der Waals surface area contributed by atoms with Gasteiger partial charge in [0, 0.05) is 0 Å². The van der Waals surface area contributed by atoms with Crippen molar-refractivity contribution in [1.82, 2.24) is 4.90 Å². The number of carbonyl (C=O) groups excluding carboxylic acids is 1. The first-order valence-electron chi connectivity index (χ1n) is 9.02. The summed E-state index contributed by atoms with van der Waals surface area (Å²) in [6, 6.07) is 11.1. The van der Waals surface area contributed by atoms with Gasteiger partial charge in [-0.2, -0.15) is 0 Å². The molecule has 3 aromatic rings. The Morgan fingerprint density at radius 3 is 2.65 bits per heavy atom. The molecule has 0 saturated carbocycles. The van der Waals surface area contributed by atoms with Crippen molar-refractivity contribution in [1.29, 1.82) is 0 Å². The van der Waals surface area contributed by atoms with Crippen LogP contribution in [0.1, 0.15) is 22.3 Å². The zero-order chi connectivity index (χ0) is 18.0. The van der Waals surface area contributed by atoms with Gasteiger partial charge in [0.15, 0.2) is 0 Å². The fourth-order valence-corrected chi connectivity index (χ4v) is 4.52. The Labute approximate surface area is 152 Å². The largest absolute Gasteiger partial charge is 0.496 e. The van der Waals surface area contributed by atoms with E-state index in [-0.39, 0.29) is 12.1 Å². The average molecular weight is 347 g/mol. The Bertz CT molecular complexity index is 1090.